The maximum absolute atomic E-state index is 11.1. The van der Waals surface area contributed by atoms with Crippen molar-refractivity contribution < 1.29 is 4.79 Å². The van der Waals surface area contributed by atoms with Crippen LogP contribution in [-0.2, 0) is 4.79 Å². The molecular formula is C15H20N4O. The Labute approximate surface area is 118 Å². The van der Waals surface area contributed by atoms with Gasteiger partial charge >= 0.3 is 0 Å². The van der Waals surface area contributed by atoms with Gasteiger partial charge in [-0.25, -0.2) is 4.98 Å². The predicted octanol–water partition coefficient (Wildman–Crippen LogP) is 2.27. The van der Waals surface area contributed by atoms with Crippen molar-refractivity contribution in [2.24, 2.45) is 17.6 Å². The summed E-state index contributed by atoms with van der Waals surface area (Å²) in [5.41, 5.74) is 7.38. The molecule has 0 bridgehead atoms. The van der Waals surface area contributed by atoms with Crippen LogP contribution >= 0.6 is 0 Å². The lowest BCUT2D eigenvalue weighted by Gasteiger charge is -2.26. The van der Waals surface area contributed by atoms with Crippen LogP contribution in [0, 0.1) is 11.8 Å². The van der Waals surface area contributed by atoms with Gasteiger partial charge in [-0.15, -0.1) is 0 Å². The summed E-state index contributed by atoms with van der Waals surface area (Å²) < 4.78 is 0. The summed E-state index contributed by atoms with van der Waals surface area (Å²) in [4.78, 5) is 18.9. The molecule has 5 nitrogen and oxygen atoms in total. The highest BCUT2D eigenvalue weighted by Gasteiger charge is 2.24. The van der Waals surface area contributed by atoms with E-state index in [1.807, 2.05) is 24.3 Å². The molecule has 1 fully saturated rings. The van der Waals surface area contributed by atoms with E-state index >= 15 is 0 Å². The van der Waals surface area contributed by atoms with E-state index in [0.29, 0.717) is 5.92 Å². The average Bonchev–Trinajstić information content (AvgIpc) is 2.88. The first-order valence-electron chi connectivity index (χ1n) is 7.20. The fraction of sp³-hybridized carbons (Fsp3) is 0.467. The van der Waals surface area contributed by atoms with Crippen LogP contribution in [0.3, 0.4) is 0 Å². The largest absolute Gasteiger partial charge is 0.369 e. The number of hydrogen-bond donors (Lipinski definition) is 3. The molecular weight excluding hydrogens is 252 g/mol. The second kappa shape index (κ2) is 5.53. The van der Waals surface area contributed by atoms with Gasteiger partial charge in [-0.3, -0.25) is 4.79 Å². The number of rotatable bonds is 4. The van der Waals surface area contributed by atoms with Crippen molar-refractivity contribution in [2.75, 3.05) is 11.9 Å². The smallest absolute Gasteiger partial charge is 0.220 e. The average molecular weight is 272 g/mol. The maximum Gasteiger partial charge on any atom is 0.220 e. The number of carbonyl (C=O) groups is 1. The van der Waals surface area contributed by atoms with Crippen molar-refractivity contribution in [3.8, 4) is 0 Å². The van der Waals surface area contributed by atoms with E-state index in [4.69, 9.17) is 5.73 Å². The highest BCUT2D eigenvalue weighted by atomic mass is 16.1. The number of para-hydroxylation sites is 2. The molecule has 0 spiro atoms. The zero-order valence-corrected chi connectivity index (χ0v) is 11.4. The minimum Gasteiger partial charge on any atom is -0.369 e. The molecule has 1 amide bonds. The Morgan fingerprint density at radius 1 is 1.30 bits per heavy atom. The summed E-state index contributed by atoms with van der Waals surface area (Å²) in [5, 5.41) is 3.37. The number of benzene rings is 1. The van der Waals surface area contributed by atoms with E-state index in [1.165, 1.54) is 0 Å². The first-order valence-corrected chi connectivity index (χ1v) is 7.20. The fourth-order valence-corrected chi connectivity index (χ4v) is 2.93. The van der Waals surface area contributed by atoms with Gasteiger partial charge in [0.15, 0.2) is 0 Å². The number of carbonyl (C=O) groups excluding carboxylic acids is 1. The maximum atomic E-state index is 11.1. The van der Waals surface area contributed by atoms with Gasteiger partial charge in [0.2, 0.25) is 11.9 Å². The Kier molecular flexibility index (Phi) is 3.58. The zero-order valence-electron chi connectivity index (χ0n) is 11.4. The van der Waals surface area contributed by atoms with Crippen molar-refractivity contribution in [3.63, 3.8) is 0 Å². The van der Waals surface area contributed by atoms with E-state index in [2.05, 4.69) is 15.3 Å². The van der Waals surface area contributed by atoms with Crippen LogP contribution < -0.4 is 11.1 Å². The molecule has 1 aliphatic rings. The van der Waals surface area contributed by atoms with Crippen molar-refractivity contribution in [2.45, 2.75) is 25.7 Å². The molecule has 0 radical (unpaired) electrons. The summed E-state index contributed by atoms with van der Waals surface area (Å²) in [6.45, 7) is 0.894. The molecule has 20 heavy (non-hydrogen) atoms. The zero-order chi connectivity index (χ0) is 13.9. The molecule has 4 N–H and O–H groups in total. The third-order valence-corrected chi connectivity index (χ3v) is 4.20. The molecule has 0 aliphatic heterocycles. The van der Waals surface area contributed by atoms with Crippen molar-refractivity contribution in [1.82, 2.24) is 9.97 Å². The summed E-state index contributed by atoms with van der Waals surface area (Å²) in [6, 6.07) is 7.99. The molecule has 1 aromatic heterocycles. The normalized spacial score (nSPS) is 22.8. The van der Waals surface area contributed by atoms with Crippen molar-refractivity contribution >= 4 is 22.9 Å². The number of H-pyrrole nitrogens is 1. The van der Waals surface area contributed by atoms with Gasteiger partial charge in [0.05, 0.1) is 11.0 Å². The molecule has 1 aromatic carbocycles. The number of imidazole rings is 1. The minimum absolute atomic E-state index is 0.0810. The Bertz CT molecular complexity index is 566. The number of nitrogens with one attached hydrogen (secondary N) is 2. The van der Waals surface area contributed by atoms with Crippen LogP contribution in [0.1, 0.15) is 25.7 Å². The quantitative estimate of drug-likeness (QED) is 0.798. The summed E-state index contributed by atoms with van der Waals surface area (Å²) >= 11 is 0. The van der Waals surface area contributed by atoms with Gasteiger partial charge in [-0.05, 0) is 43.7 Å². The third kappa shape index (κ3) is 2.76. The molecule has 5 heteroatoms. The van der Waals surface area contributed by atoms with Gasteiger partial charge in [-0.1, -0.05) is 12.1 Å². The van der Waals surface area contributed by atoms with E-state index in [-0.39, 0.29) is 11.8 Å². The van der Waals surface area contributed by atoms with Crippen LogP contribution in [0.15, 0.2) is 24.3 Å². The number of nitrogens with zero attached hydrogens (tertiary/aromatic N) is 1. The second-order valence-corrected chi connectivity index (χ2v) is 5.60. The Morgan fingerprint density at radius 3 is 2.75 bits per heavy atom. The summed E-state index contributed by atoms with van der Waals surface area (Å²) in [5.74, 6) is 1.35. The monoisotopic (exact) mass is 272 g/mol. The fourth-order valence-electron chi connectivity index (χ4n) is 2.93. The van der Waals surface area contributed by atoms with Crippen LogP contribution in [0.4, 0.5) is 5.95 Å². The van der Waals surface area contributed by atoms with E-state index < -0.39 is 0 Å². The van der Waals surface area contributed by atoms with Crippen molar-refractivity contribution in [1.29, 1.82) is 0 Å². The van der Waals surface area contributed by atoms with Gasteiger partial charge in [-0.2, -0.15) is 0 Å². The van der Waals surface area contributed by atoms with Gasteiger partial charge < -0.3 is 16.0 Å². The SMILES string of the molecule is NC(=O)C1CCC(CNc2nc3ccccc3[nH]2)CC1. The summed E-state index contributed by atoms with van der Waals surface area (Å²) in [6.07, 6.45) is 3.95. The van der Waals surface area contributed by atoms with Crippen LogP contribution in [-0.4, -0.2) is 22.4 Å². The molecule has 106 valence electrons. The molecule has 0 atom stereocenters. The first-order chi connectivity index (χ1) is 9.72. The first kappa shape index (κ1) is 13.0. The Balaban J connectivity index is 1.54. The van der Waals surface area contributed by atoms with Gasteiger partial charge in [0, 0.05) is 12.5 Å². The standard InChI is InChI=1S/C15H20N4O/c16-14(20)11-7-5-10(6-8-11)9-17-15-18-12-3-1-2-4-13(12)19-15/h1-4,10-11H,5-9H2,(H2,16,20)(H2,17,18,19). The van der Waals surface area contributed by atoms with Crippen LogP contribution in [0.2, 0.25) is 0 Å². The lowest BCUT2D eigenvalue weighted by molar-refractivity contribution is -0.122. The number of aromatic nitrogens is 2. The van der Waals surface area contributed by atoms with E-state index in [1.54, 1.807) is 0 Å². The lowest BCUT2D eigenvalue weighted by Crippen LogP contribution is -2.29. The molecule has 0 unspecified atom stereocenters. The van der Waals surface area contributed by atoms with E-state index in [9.17, 15) is 4.79 Å². The number of fused-ring (bicyclic) bond motifs is 1. The highest BCUT2D eigenvalue weighted by Crippen LogP contribution is 2.28. The van der Waals surface area contributed by atoms with Gasteiger partial charge in [0.1, 0.15) is 0 Å². The third-order valence-electron chi connectivity index (χ3n) is 4.20. The molecule has 1 saturated carbocycles. The number of anilines is 1. The number of amides is 1. The predicted molar refractivity (Wildman–Crippen MR) is 79.2 cm³/mol. The van der Waals surface area contributed by atoms with Crippen LogP contribution in [0.5, 0.6) is 0 Å². The Morgan fingerprint density at radius 2 is 2.05 bits per heavy atom. The number of aromatic amines is 1. The lowest BCUT2D eigenvalue weighted by atomic mass is 9.82. The summed E-state index contributed by atoms with van der Waals surface area (Å²) in [7, 11) is 0. The molecule has 1 heterocycles. The van der Waals surface area contributed by atoms with Crippen molar-refractivity contribution in [3.05, 3.63) is 24.3 Å². The molecule has 3 rings (SSSR count). The second-order valence-electron chi connectivity index (χ2n) is 5.60. The van der Waals surface area contributed by atoms with Crippen LogP contribution in [0.25, 0.3) is 11.0 Å². The number of hydrogen-bond acceptors (Lipinski definition) is 3. The van der Waals surface area contributed by atoms with E-state index in [0.717, 1.165) is 49.2 Å². The van der Waals surface area contributed by atoms with Gasteiger partial charge in [0.25, 0.3) is 0 Å². The number of nitrogens with two attached hydrogens (primary N) is 1. The molecule has 2 aromatic rings. The highest BCUT2D eigenvalue weighted by molar-refractivity contribution is 5.77. The molecule has 1 aliphatic carbocycles. The topological polar surface area (TPSA) is 83.8 Å². The minimum atomic E-state index is -0.145. The molecule has 0 saturated heterocycles. The Hall–Kier alpha value is -2.04. The number of primary amides is 1.